The van der Waals surface area contributed by atoms with Crippen LogP contribution in [0.4, 0.5) is 17.1 Å². The highest BCUT2D eigenvalue weighted by atomic mass is 15.1. The molecule has 268 valence electrons. The third-order valence-corrected chi connectivity index (χ3v) is 10.5. The molecule has 0 radical (unpaired) electrons. The first-order valence-corrected chi connectivity index (χ1v) is 19.0. The van der Waals surface area contributed by atoms with Crippen LogP contribution in [0.5, 0.6) is 0 Å². The first-order chi connectivity index (χ1) is 31.2. The molecule has 0 saturated carbocycles. The minimum atomic E-state index is -0.384. The van der Waals surface area contributed by atoms with Gasteiger partial charge in [-0.15, -0.1) is 0 Å². The van der Waals surface area contributed by atoms with Gasteiger partial charge < -0.3 is 4.90 Å². The van der Waals surface area contributed by atoms with Crippen molar-refractivity contribution in [3.63, 3.8) is 0 Å². The maximum Gasteiger partial charge on any atom is 0.0651 e. The largest absolute Gasteiger partial charge is 0.310 e. The summed E-state index contributed by atoms with van der Waals surface area (Å²) in [5.74, 6) is 0. The van der Waals surface area contributed by atoms with E-state index in [0.29, 0.717) is 27.9 Å². The van der Waals surface area contributed by atoms with Crippen LogP contribution in [0.15, 0.2) is 236 Å². The van der Waals surface area contributed by atoms with Gasteiger partial charge in [0.1, 0.15) is 0 Å². The second kappa shape index (κ2) is 15.0. The second-order valence-corrected chi connectivity index (χ2v) is 13.9. The van der Waals surface area contributed by atoms with Crippen molar-refractivity contribution >= 4 is 38.6 Å². The summed E-state index contributed by atoms with van der Waals surface area (Å²) in [6.07, 6.45) is 0. The normalized spacial score (nSPS) is 12.9. The fraction of sp³-hybridized carbons (Fsp3) is 0. The van der Waals surface area contributed by atoms with Gasteiger partial charge in [0.15, 0.2) is 0 Å². The average molecular weight is 733 g/mol. The lowest BCUT2D eigenvalue weighted by molar-refractivity contribution is 1.28. The molecule has 0 amide bonds. The van der Waals surface area contributed by atoms with Crippen molar-refractivity contribution in [1.29, 1.82) is 0 Å². The van der Waals surface area contributed by atoms with Gasteiger partial charge in [0.05, 0.1) is 15.3 Å². The first kappa shape index (κ1) is 27.2. The molecule has 1 nitrogen and oxygen atoms in total. The lowest BCUT2D eigenvalue weighted by atomic mass is 9.89. The average Bonchev–Trinajstić information content (AvgIpc) is 3.34. The Balaban J connectivity index is 1.29. The minimum Gasteiger partial charge on any atom is -0.310 e. The molecule has 0 aromatic heterocycles. The molecule has 0 unspecified atom stereocenters. The van der Waals surface area contributed by atoms with Gasteiger partial charge in [0.2, 0.25) is 0 Å². The Morgan fingerprint density at radius 3 is 1.65 bits per heavy atom. The maximum absolute atomic E-state index is 10.1. The molecular formula is C56H39N. The smallest absolute Gasteiger partial charge is 0.0651 e. The maximum atomic E-state index is 10.1. The van der Waals surface area contributed by atoms with E-state index in [-0.39, 0.29) is 64.8 Å². The number of rotatable bonds is 8. The zero-order valence-corrected chi connectivity index (χ0v) is 30.9. The molecule has 0 bridgehead atoms. The highest BCUT2D eigenvalue weighted by Crippen LogP contribution is 2.45. The van der Waals surface area contributed by atoms with Crippen molar-refractivity contribution in [2.45, 2.75) is 0 Å². The standard InChI is InChI=1S/C56H39N/c1-4-16-40(17-5-1)46-33-37-55(54(39-46)42-18-6-2-7-19-42)57(49-26-14-25-47(38-49)51-29-15-24-41-20-10-12-27-50(41)51)48-34-30-44(31-35-48)53-36-32-43-21-11-13-28-52(43)56(53)45-22-8-3-9-23-45/h1-39H/i14D,25D,26D,33D,37D,38D,39D. The monoisotopic (exact) mass is 732 g/mol. The molecule has 0 saturated heterocycles. The van der Waals surface area contributed by atoms with Gasteiger partial charge in [-0.1, -0.05) is 200 Å². The van der Waals surface area contributed by atoms with Crippen molar-refractivity contribution in [1.82, 2.24) is 0 Å². The van der Waals surface area contributed by atoms with Crippen LogP contribution in [0.1, 0.15) is 9.60 Å². The topological polar surface area (TPSA) is 3.24 Å². The molecule has 0 aliphatic rings. The lowest BCUT2D eigenvalue weighted by Gasteiger charge is -2.29. The Morgan fingerprint density at radius 2 is 0.912 bits per heavy atom. The fourth-order valence-corrected chi connectivity index (χ4v) is 7.74. The summed E-state index contributed by atoms with van der Waals surface area (Å²) in [5, 5.41) is 3.89. The van der Waals surface area contributed by atoms with E-state index in [1.807, 2.05) is 158 Å². The summed E-state index contributed by atoms with van der Waals surface area (Å²) in [5.41, 5.74) is 7.14. The molecule has 0 N–H and O–H groups in total. The van der Waals surface area contributed by atoms with E-state index in [9.17, 15) is 9.60 Å². The van der Waals surface area contributed by atoms with Crippen LogP contribution >= 0.6 is 0 Å². The molecule has 0 atom stereocenters. The van der Waals surface area contributed by atoms with Crippen molar-refractivity contribution in [3.05, 3.63) is 236 Å². The predicted octanol–water partition coefficient (Wildman–Crippen LogP) is 15.8. The number of hydrogen-bond donors (Lipinski definition) is 0. The van der Waals surface area contributed by atoms with Crippen LogP contribution in [0, 0.1) is 0 Å². The minimum absolute atomic E-state index is 0.00855. The van der Waals surface area contributed by atoms with Gasteiger partial charge in [-0.05, 0) is 108 Å². The molecule has 0 aliphatic heterocycles. The molecule has 0 heterocycles. The molecule has 0 aliphatic carbocycles. The van der Waals surface area contributed by atoms with Crippen molar-refractivity contribution in [3.8, 4) is 55.6 Å². The van der Waals surface area contributed by atoms with Crippen LogP contribution in [-0.2, 0) is 0 Å². The number of anilines is 3. The highest BCUT2D eigenvalue weighted by Gasteiger charge is 2.20. The van der Waals surface area contributed by atoms with E-state index in [1.54, 1.807) is 4.90 Å². The fourth-order valence-electron chi connectivity index (χ4n) is 7.74. The summed E-state index contributed by atoms with van der Waals surface area (Å²) in [7, 11) is 0. The molecule has 0 spiro atoms. The predicted molar refractivity (Wildman–Crippen MR) is 243 cm³/mol. The number of nitrogens with zero attached hydrogens (tertiary/aromatic N) is 1. The Morgan fingerprint density at radius 1 is 0.316 bits per heavy atom. The van der Waals surface area contributed by atoms with Gasteiger partial charge in [0, 0.05) is 16.9 Å². The van der Waals surface area contributed by atoms with Gasteiger partial charge >= 0.3 is 0 Å². The zero-order chi connectivity index (χ0) is 44.1. The molecule has 1 heteroatoms. The van der Waals surface area contributed by atoms with E-state index < -0.39 is 0 Å². The van der Waals surface area contributed by atoms with Gasteiger partial charge in [-0.3, -0.25) is 0 Å². The van der Waals surface area contributed by atoms with E-state index >= 15 is 0 Å². The highest BCUT2D eigenvalue weighted by molar-refractivity contribution is 6.04. The van der Waals surface area contributed by atoms with Crippen LogP contribution in [0.3, 0.4) is 0 Å². The molecule has 10 aromatic rings. The molecule has 57 heavy (non-hydrogen) atoms. The van der Waals surface area contributed by atoms with Crippen LogP contribution in [0.2, 0.25) is 0 Å². The van der Waals surface area contributed by atoms with Gasteiger partial charge in [-0.2, -0.15) is 0 Å². The Kier molecular flexibility index (Phi) is 7.14. The summed E-state index contributed by atoms with van der Waals surface area (Å²) in [6, 6.07) is 60.7. The third kappa shape index (κ3) is 6.56. The molecular weight excluding hydrogens is 687 g/mol. The second-order valence-electron chi connectivity index (χ2n) is 13.9. The first-order valence-electron chi connectivity index (χ1n) is 22.5. The molecule has 10 aromatic carbocycles. The van der Waals surface area contributed by atoms with Crippen LogP contribution in [0.25, 0.3) is 77.2 Å². The van der Waals surface area contributed by atoms with Crippen molar-refractivity contribution in [2.24, 2.45) is 0 Å². The van der Waals surface area contributed by atoms with E-state index in [4.69, 9.17) is 0 Å². The van der Waals surface area contributed by atoms with E-state index in [2.05, 4.69) is 36.4 Å². The van der Waals surface area contributed by atoms with Crippen molar-refractivity contribution in [2.75, 3.05) is 4.90 Å². The molecule has 10 rings (SSSR count). The summed E-state index contributed by atoms with van der Waals surface area (Å²) >= 11 is 0. The SMILES string of the molecule is [2H]c1c([2H])c(-c2cccc3ccccc23)c([2H])c(N(c2ccc(-c3ccc4ccccc4c3-c3ccccc3)cc2)c2c([2H])c([2H])c(-c3ccccc3)c([2H])c2-c2ccccc2)c1[2H]. The lowest BCUT2D eigenvalue weighted by Crippen LogP contribution is -2.11. The summed E-state index contributed by atoms with van der Waals surface area (Å²) in [4.78, 5) is 1.61. The van der Waals surface area contributed by atoms with E-state index in [0.717, 1.165) is 43.8 Å². The Hall–Kier alpha value is -7.48. The Labute approximate surface area is 344 Å². The zero-order valence-electron chi connectivity index (χ0n) is 37.9. The molecule has 0 fully saturated rings. The summed E-state index contributed by atoms with van der Waals surface area (Å²) < 4.78 is 67.6. The Bertz CT molecular complexity index is 3390. The number of hydrogen-bond acceptors (Lipinski definition) is 1. The summed E-state index contributed by atoms with van der Waals surface area (Å²) in [6.45, 7) is 0. The number of benzene rings is 10. The third-order valence-electron chi connectivity index (χ3n) is 10.5. The quantitative estimate of drug-likeness (QED) is 0.150. The van der Waals surface area contributed by atoms with Gasteiger partial charge in [-0.25, -0.2) is 0 Å². The van der Waals surface area contributed by atoms with E-state index in [1.165, 1.54) is 0 Å². The van der Waals surface area contributed by atoms with Crippen molar-refractivity contribution < 1.29 is 9.60 Å². The number of fused-ring (bicyclic) bond motifs is 2. The van der Waals surface area contributed by atoms with Gasteiger partial charge in [0.25, 0.3) is 0 Å². The van der Waals surface area contributed by atoms with Crippen LogP contribution in [-0.4, -0.2) is 0 Å². The van der Waals surface area contributed by atoms with Crippen LogP contribution < -0.4 is 4.90 Å².